The Kier molecular flexibility index (Phi) is 3.59. The molecule has 0 aromatic carbocycles. The zero-order valence-electron chi connectivity index (χ0n) is 8.75. The molecule has 1 aromatic rings. The zero-order chi connectivity index (χ0) is 12.4. The van der Waals surface area contributed by atoms with Crippen LogP contribution in [-0.2, 0) is 4.74 Å². The highest BCUT2D eigenvalue weighted by atomic mass is 35.5. The average molecular weight is 275 g/mol. The van der Waals surface area contributed by atoms with E-state index in [0.717, 1.165) is 0 Å². The van der Waals surface area contributed by atoms with Gasteiger partial charge in [-0.1, -0.05) is 0 Å². The molecule has 89 valence electrons. The Morgan fingerprint density at radius 3 is 2.47 bits per heavy atom. The number of hydrogen-bond donors (Lipinski definition) is 0. The van der Waals surface area contributed by atoms with Crippen LogP contribution >= 0.6 is 23.2 Å². The van der Waals surface area contributed by atoms with Crippen molar-refractivity contribution in [1.29, 1.82) is 0 Å². The summed E-state index contributed by atoms with van der Waals surface area (Å²) in [5.74, 6) is -0.303. The Hall–Kier alpha value is -1.20. The molecule has 2 rings (SSSR count). The standard InChI is InChI=1S/C10H7Cl2FN3O/c1-17-6-4-2-3-5(7(6)13)8-14-9(11)16-10(12)15-8/h3-4H,2H2,1H3. The smallest absolute Gasteiger partial charge is 0.227 e. The largest absolute Gasteiger partial charge is 0.494 e. The Morgan fingerprint density at radius 2 is 1.88 bits per heavy atom. The fourth-order valence-corrected chi connectivity index (χ4v) is 1.77. The molecule has 0 aliphatic heterocycles. The van der Waals surface area contributed by atoms with Crippen molar-refractivity contribution in [2.24, 2.45) is 0 Å². The van der Waals surface area contributed by atoms with Gasteiger partial charge in [0.1, 0.15) is 0 Å². The van der Waals surface area contributed by atoms with Crippen molar-refractivity contribution >= 4 is 28.8 Å². The Bertz CT molecular complexity index is 496. The predicted molar refractivity (Wildman–Crippen MR) is 61.9 cm³/mol. The summed E-state index contributed by atoms with van der Waals surface area (Å²) in [6.45, 7) is 0. The monoisotopic (exact) mass is 274 g/mol. The average Bonchev–Trinajstić information content (AvgIpc) is 2.28. The van der Waals surface area contributed by atoms with Crippen molar-refractivity contribution in [1.82, 2.24) is 15.0 Å². The lowest BCUT2D eigenvalue weighted by Gasteiger charge is -2.14. The van der Waals surface area contributed by atoms with Gasteiger partial charge in [0.2, 0.25) is 10.6 Å². The van der Waals surface area contributed by atoms with E-state index >= 15 is 0 Å². The van der Waals surface area contributed by atoms with E-state index in [1.807, 2.05) is 0 Å². The third-order valence-electron chi connectivity index (χ3n) is 2.12. The van der Waals surface area contributed by atoms with Gasteiger partial charge in [0.05, 0.1) is 7.11 Å². The van der Waals surface area contributed by atoms with Crippen molar-refractivity contribution in [3.8, 4) is 0 Å². The summed E-state index contributed by atoms with van der Waals surface area (Å²) in [6, 6.07) is 0. The van der Waals surface area contributed by atoms with Crippen LogP contribution in [0.3, 0.4) is 0 Å². The molecular weight excluding hydrogens is 268 g/mol. The molecule has 1 heterocycles. The minimum absolute atomic E-state index is 0.0813. The summed E-state index contributed by atoms with van der Waals surface area (Å²) >= 11 is 11.3. The molecule has 0 bridgehead atoms. The van der Waals surface area contributed by atoms with E-state index < -0.39 is 5.83 Å². The Balaban J connectivity index is 2.49. The van der Waals surface area contributed by atoms with Gasteiger partial charge in [-0.05, 0) is 35.7 Å². The van der Waals surface area contributed by atoms with Crippen molar-refractivity contribution < 1.29 is 9.13 Å². The van der Waals surface area contributed by atoms with Crippen LogP contribution in [0.15, 0.2) is 17.7 Å². The van der Waals surface area contributed by atoms with E-state index in [1.165, 1.54) is 7.11 Å². The van der Waals surface area contributed by atoms with Crippen LogP contribution in [0.2, 0.25) is 10.6 Å². The van der Waals surface area contributed by atoms with Crippen molar-refractivity contribution in [3.63, 3.8) is 0 Å². The minimum atomic E-state index is -0.544. The van der Waals surface area contributed by atoms with Gasteiger partial charge in [0.25, 0.3) is 0 Å². The number of methoxy groups -OCH3 is 1. The number of hydrogen-bond acceptors (Lipinski definition) is 4. The second-order valence-electron chi connectivity index (χ2n) is 3.14. The predicted octanol–water partition coefficient (Wildman–Crippen LogP) is 3.00. The minimum Gasteiger partial charge on any atom is -0.494 e. The number of ether oxygens (including phenoxy) is 1. The molecule has 0 saturated heterocycles. The third-order valence-corrected chi connectivity index (χ3v) is 2.46. The molecule has 0 atom stereocenters. The normalized spacial score (nSPS) is 15.9. The molecule has 0 saturated carbocycles. The molecular formula is C10H7Cl2FN3O. The van der Waals surface area contributed by atoms with E-state index in [0.29, 0.717) is 6.42 Å². The van der Waals surface area contributed by atoms with Crippen LogP contribution in [-0.4, -0.2) is 22.1 Å². The highest BCUT2D eigenvalue weighted by Crippen LogP contribution is 2.31. The van der Waals surface area contributed by atoms with Gasteiger partial charge in [-0.25, -0.2) is 4.39 Å². The lowest BCUT2D eigenvalue weighted by Crippen LogP contribution is -2.05. The second-order valence-corrected chi connectivity index (χ2v) is 3.81. The molecule has 1 aliphatic carbocycles. The topological polar surface area (TPSA) is 47.9 Å². The molecule has 0 N–H and O–H groups in total. The molecule has 4 nitrogen and oxygen atoms in total. The molecule has 1 radical (unpaired) electrons. The Labute approximate surface area is 107 Å². The summed E-state index contributed by atoms with van der Waals surface area (Å²) in [5.41, 5.74) is 0.204. The number of allylic oxidation sites excluding steroid dienone is 3. The zero-order valence-corrected chi connectivity index (χ0v) is 10.3. The van der Waals surface area contributed by atoms with Gasteiger partial charge in [0.15, 0.2) is 17.4 Å². The van der Waals surface area contributed by atoms with Crippen LogP contribution in [0.5, 0.6) is 0 Å². The Morgan fingerprint density at radius 1 is 1.24 bits per heavy atom. The van der Waals surface area contributed by atoms with E-state index in [4.69, 9.17) is 27.9 Å². The van der Waals surface area contributed by atoms with Crippen LogP contribution in [0.25, 0.3) is 5.57 Å². The van der Waals surface area contributed by atoms with Crippen LogP contribution in [0, 0.1) is 6.42 Å². The number of rotatable bonds is 2. The lowest BCUT2D eigenvalue weighted by molar-refractivity contribution is 0.281. The molecule has 0 spiro atoms. The van der Waals surface area contributed by atoms with Crippen LogP contribution < -0.4 is 0 Å². The van der Waals surface area contributed by atoms with Gasteiger partial charge in [-0.3, -0.25) is 0 Å². The molecule has 0 amide bonds. The molecule has 0 fully saturated rings. The fraction of sp³-hybridized carbons (Fsp3) is 0.200. The highest BCUT2D eigenvalue weighted by molar-refractivity contribution is 6.31. The van der Waals surface area contributed by atoms with E-state index in [2.05, 4.69) is 15.0 Å². The number of nitrogens with zero attached hydrogens (tertiary/aromatic N) is 3. The molecule has 7 heteroatoms. The van der Waals surface area contributed by atoms with Gasteiger partial charge in [-0.15, -0.1) is 0 Å². The quantitative estimate of drug-likeness (QED) is 0.832. The summed E-state index contributed by atoms with van der Waals surface area (Å²) in [7, 11) is 1.39. The number of halogens is 3. The number of aromatic nitrogens is 3. The molecule has 1 aliphatic rings. The molecule has 17 heavy (non-hydrogen) atoms. The maximum Gasteiger partial charge on any atom is 0.227 e. The van der Waals surface area contributed by atoms with Crippen LogP contribution in [0.1, 0.15) is 12.2 Å². The summed E-state index contributed by atoms with van der Waals surface area (Å²) in [5, 5.41) is -0.163. The first-order chi connectivity index (χ1) is 8.11. The summed E-state index contributed by atoms with van der Waals surface area (Å²) < 4.78 is 18.8. The van der Waals surface area contributed by atoms with Crippen molar-refractivity contribution in [3.05, 3.63) is 40.5 Å². The van der Waals surface area contributed by atoms with Gasteiger partial charge in [0, 0.05) is 12.0 Å². The van der Waals surface area contributed by atoms with Crippen molar-refractivity contribution in [2.75, 3.05) is 7.11 Å². The molecule has 1 aromatic heterocycles. The van der Waals surface area contributed by atoms with E-state index in [-0.39, 0.29) is 27.7 Å². The van der Waals surface area contributed by atoms with Gasteiger partial charge >= 0.3 is 0 Å². The van der Waals surface area contributed by atoms with Crippen LogP contribution in [0.4, 0.5) is 4.39 Å². The second kappa shape index (κ2) is 4.98. The fourth-order valence-electron chi connectivity index (χ4n) is 1.40. The first-order valence-corrected chi connectivity index (χ1v) is 5.42. The van der Waals surface area contributed by atoms with E-state index in [1.54, 1.807) is 12.5 Å². The van der Waals surface area contributed by atoms with Crippen molar-refractivity contribution in [2.45, 2.75) is 6.42 Å². The van der Waals surface area contributed by atoms with E-state index in [9.17, 15) is 4.39 Å². The third kappa shape index (κ3) is 2.56. The highest BCUT2D eigenvalue weighted by Gasteiger charge is 2.21. The first-order valence-electron chi connectivity index (χ1n) is 4.66. The SMILES string of the molecule is COC1=CC[CH]C(c2nc(Cl)nc(Cl)n2)=C1F. The maximum absolute atomic E-state index is 13.9. The van der Waals surface area contributed by atoms with Gasteiger partial charge in [-0.2, -0.15) is 15.0 Å². The summed E-state index contributed by atoms with van der Waals surface area (Å²) in [4.78, 5) is 11.2. The molecule has 0 unspecified atom stereocenters. The maximum atomic E-state index is 13.9. The summed E-state index contributed by atoms with van der Waals surface area (Å²) in [6.07, 6.45) is 3.76. The lowest BCUT2D eigenvalue weighted by atomic mass is 10.0. The first kappa shape index (κ1) is 12.3. The van der Waals surface area contributed by atoms with Gasteiger partial charge < -0.3 is 4.74 Å².